The lowest BCUT2D eigenvalue weighted by Crippen LogP contribution is -2.32. The van der Waals surface area contributed by atoms with Gasteiger partial charge in [-0.3, -0.25) is 10.1 Å². The number of amides is 1. The molecule has 2 heterocycles. The van der Waals surface area contributed by atoms with Crippen molar-refractivity contribution in [1.82, 2.24) is 10.3 Å². The zero-order chi connectivity index (χ0) is 25.1. The van der Waals surface area contributed by atoms with Gasteiger partial charge in [-0.1, -0.05) is 47.5 Å². The molecule has 1 amide bonds. The van der Waals surface area contributed by atoms with Gasteiger partial charge in [0, 0.05) is 32.9 Å². The first kappa shape index (κ1) is 24.2. The molecule has 0 fully saturated rings. The fraction of sp³-hybridized carbons (Fsp3) is 0. The Bertz CT molecular complexity index is 1570. The summed E-state index contributed by atoms with van der Waals surface area (Å²) in [6.07, 6.45) is 2.90. The lowest BCUT2D eigenvalue weighted by Gasteiger charge is -2.09. The number of thiocarbonyl (C=S) groups is 1. The van der Waals surface area contributed by atoms with Crippen molar-refractivity contribution in [3.63, 3.8) is 0 Å². The normalized spacial score (nSPS) is 11.2. The molecule has 0 unspecified atom stereocenters. The molecule has 0 saturated carbocycles. The summed E-state index contributed by atoms with van der Waals surface area (Å²) in [6.45, 7) is 0. The van der Waals surface area contributed by atoms with E-state index in [9.17, 15) is 4.79 Å². The summed E-state index contributed by atoms with van der Waals surface area (Å²) >= 11 is 19.0. The molecular formula is C27H17Cl2N3O2S2. The predicted molar refractivity (Wildman–Crippen MR) is 153 cm³/mol. The lowest BCUT2D eigenvalue weighted by atomic mass is 10.2. The first-order valence-corrected chi connectivity index (χ1v) is 12.7. The third-order valence-electron chi connectivity index (χ3n) is 5.07. The largest absolute Gasteiger partial charge is 0.457 e. The van der Waals surface area contributed by atoms with Crippen LogP contribution in [-0.4, -0.2) is 16.0 Å². The molecule has 0 aliphatic rings. The van der Waals surface area contributed by atoms with Crippen molar-refractivity contribution in [3.8, 4) is 21.9 Å². The molecule has 0 aliphatic heterocycles. The van der Waals surface area contributed by atoms with Crippen LogP contribution in [-0.2, 0) is 4.79 Å². The number of hydrogen-bond donors (Lipinski definition) is 2. The number of fused-ring (bicyclic) bond motifs is 1. The van der Waals surface area contributed by atoms with Gasteiger partial charge in [0.05, 0.1) is 10.2 Å². The van der Waals surface area contributed by atoms with Gasteiger partial charge in [-0.2, -0.15) is 0 Å². The molecule has 0 aliphatic carbocycles. The number of benzene rings is 3. The smallest absolute Gasteiger partial charge is 0.250 e. The zero-order valence-corrected chi connectivity index (χ0v) is 21.6. The maximum Gasteiger partial charge on any atom is 0.250 e. The minimum Gasteiger partial charge on any atom is -0.457 e. The van der Waals surface area contributed by atoms with Crippen molar-refractivity contribution < 1.29 is 9.21 Å². The van der Waals surface area contributed by atoms with Crippen LogP contribution in [0.25, 0.3) is 38.2 Å². The molecule has 0 spiro atoms. The molecule has 0 radical (unpaired) electrons. The van der Waals surface area contributed by atoms with E-state index in [0.29, 0.717) is 21.6 Å². The van der Waals surface area contributed by atoms with Gasteiger partial charge in [0.25, 0.3) is 0 Å². The summed E-state index contributed by atoms with van der Waals surface area (Å²) in [5, 5.41) is 7.80. The minimum atomic E-state index is -0.390. The van der Waals surface area contributed by atoms with E-state index in [1.54, 1.807) is 47.7 Å². The van der Waals surface area contributed by atoms with Crippen molar-refractivity contribution in [2.75, 3.05) is 5.32 Å². The standard InChI is InChI=1S/C27H17Cl2N3O2S2/c28-18-12-17(13-19(29)15-18)23-10-8-21(34-23)9-11-25(33)32-27(35)30-20-5-3-4-16(14-20)26-31-22-6-1-2-7-24(22)36-26/h1-15H,(H2,30,32,33,35)/b11-9+. The molecule has 36 heavy (non-hydrogen) atoms. The maximum atomic E-state index is 12.4. The number of nitrogens with one attached hydrogen (secondary N) is 2. The number of furan rings is 1. The highest BCUT2D eigenvalue weighted by molar-refractivity contribution is 7.80. The first-order valence-electron chi connectivity index (χ1n) is 10.8. The molecule has 178 valence electrons. The van der Waals surface area contributed by atoms with Crippen LogP contribution in [0.2, 0.25) is 10.0 Å². The Labute approximate surface area is 226 Å². The third-order valence-corrected chi connectivity index (χ3v) is 6.80. The number of rotatable bonds is 5. The van der Waals surface area contributed by atoms with E-state index in [4.69, 9.17) is 44.8 Å². The van der Waals surface area contributed by atoms with Crippen LogP contribution in [0.5, 0.6) is 0 Å². The van der Waals surface area contributed by atoms with E-state index in [1.165, 1.54) is 6.08 Å². The predicted octanol–water partition coefficient (Wildman–Crippen LogP) is 8.06. The van der Waals surface area contributed by atoms with Crippen LogP contribution in [0.15, 0.2) is 89.4 Å². The van der Waals surface area contributed by atoms with Gasteiger partial charge in [0.15, 0.2) is 5.11 Å². The Morgan fingerprint density at radius 2 is 1.75 bits per heavy atom. The third kappa shape index (κ3) is 5.83. The summed E-state index contributed by atoms with van der Waals surface area (Å²) < 4.78 is 6.90. The molecular weight excluding hydrogens is 533 g/mol. The van der Waals surface area contributed by atoms with Crippen molar-refractivity contribution in [2.45, 2.75) is 0 Å². The SMILES string of the molecule is O=C(/C=C/c1ccc(-c2cc(Cl)cc(Cl)c2)o1)NC(=S)Nc1cccc(-c2nc3ccccc3s2)c1. The monoisotopic (exact) mass is 549 g/mol. The topological polar surface area (TPSA) is 67.2 Å². The molecule has 2 aromatic heterocycles. The van der Waals surface area contributed by atoms with E-state index >= 15 is 0 Å². The summed E-state index contributed by atoms with van der Waals surface area (Å²) in [4.78, 5) is 17.1. The highest BCUT2D eigenvalue weighted by Crippen LogP contribution is 2.31. The van der Waals surface area contributed by atoms with Crippen LogP contribution in [0.1, 0.15) is 5.76 Å². The molecule has 5 aromatic rings. The number of aromatic nitrogens is 1. The molecule has 0 saturated heterocycles. The number of nitrogens with zero attached hydrogens (tertiary/aromatic N) is 1. The van der Waals surface area contributed by atoms with E-state index in [0.717, 1.165) is 32.0 Å². The fourth-order valence-corrected chi connectivity index (χ4v) is 5.20. The van der Waals surface area contributed by atoms with Gasteiger partial charge in [0.1, 0.15) is 16.5 Å². The van der Waals surface area contributed by atoms with Crippen LogP contribution in [0, 0.1) is 0 Å². The molecule has 5 nitrogen and oxygen atoms in total. The second-order valence-corrected chi connectivity index (χ2v) is 10.0. The highest BCUT2D eigenvalue weighted by Gasteiger charge is 2.09. The molecule has 9 heteroatoms. The van der Waals surface area contributed by atoms with Crippen LogP contribution in [0.3, 0.4) is 0 Å². The average Bonchev–Trinajstić information content (AvgIpc) is 3.50. The quantitative estimate of drug-likeness (QED) is 0.171. The molecule has 0 bridgehead atoms. The van der Waals surface area contributed by atoms with Gasteiger partial charge in [-0.15, -0.1) is 11.3 Å². The van der Waals surface area contributed by atoms with Gasteiger partial charge >= 0.3 is 0 Å². The van der Waals surface area contributed by atoms with E-state index < -0.39 is 5.91 Å². The Kier molecular flexibility index (Phi) is 7.16. The van der Waals surface area contributed by atoms with Crippen molar-refractivity contribution >= 4 is 79.8 Å². The molecule has 5 rings (SSSR count). The fourth-order valence-electron chi connectivity index (χ4n) is 3.49. The molecule has 3 aromatic carbocycles. The Morgan fingerprint density at radius 3 is 2.56 bits per heavy atom. The van der Waals surface area contributed by atoms with Crippen LogP contribution in [0.4, 0.5) is 5.69 Å². The summed E-state index contributed by atoms with van der Waals surface area (Å²) in [5.41, 5.74) is 3.42. The van der Waals surface area contributed by atoms with E-state index in [1.807, 2.05) is 48.5 Å². The van der Waals surface area contributed by atoms with Gasteiger partial charge in [-0.05, 0) is 72.9 Å². The zero-order valence-electron chi connectivity index (χ0n) is 18.5. The van der Waals surface area contributed by atoms with Crippen LogP contribution >= 0.6 is 46.8 Å². The number of halogens is 2. The number of carbonyl (C=O) groups excluding carboxylic acids is 1. The first-order chi connectivity index (χ1) is 17.4. The van der Waals surface area contributed by atoms with Crippen molar-refractivity contribution in [2.24, 2.45) is 0 Å². The second kappa shape index (κ2) is 10.6. The Morgan fingerprint density at radius 1 is 0.944 bits per heavy atom. The van der Waals surface area contributed by atoms with Gasteiger partial charge in [-0.25, -0.2) is 4.98 Å². The van der Waals surface area contributed by atoms with Crippen molar-refractivity contribution in [3.05, 3.63) is 101 Å². The number of anilines is 1. The lowest BCUT2D eigenvalue weighted by molar-refractivity contribution is -0.115. The number of thiazole rings is 1. The number of para-hydroxylation sites is 1. The maximum absolute atomic E-state index is 12.4. The summed E-state index contributed by atoms with van der Waals surface area (Å²) in [5.74, 6) is 0.696. The summed E-state index contributed by atoms with van der Waals surface area (Å²) in [6, 6.07) is 24.4. The average molecular weight is 550 g/mol. The van der Waals surface area contributed by atoms with Gasteiger partial charge < -0.3 is 9.73 Å². The summed E-state index contributed by atoms with van der Waals surface area (Å²) in [7, 11) is 0. The Hall–Kier alpha value is -3.49. The van der Waals surface area contributed by atoms with Crippen LogP contribution < -0.4 is 10.6 Å². The van der Waals surface area contributed by atoms with E-state index in [-0.39, 0.29) is 5.11 Å². The van der Waals surface area contributed by atoms with Gasteiger partial charge in [0.2, 0.25) is 5.91 Å². The Balaban J connectivity index is 1.20. The molecule has 0 atom stereocenters. The van der Waals surface area contributed by atoms with E-state index in [2.05, 4.69) is 10.6 Å². The van der Waals surface area contributed by atoms with Crippen molar-refractivity contribution in [1.29, 1.82) is 0 Å². The minimum absolute atomic E-state index is 0.180. The molecule has 2 N–H and O–H groups in total. The second-order valence-electron chi connectivity index (χ2n) is 7.70. The highest BCUT2D eigenvalue weighted by atomic mass is 35.5. The number of hydrogen-bond acceptors (Lipinski definition) is 5. The number of carbonyl (C=O) groups is 1.